The molecule has 1 rings (SSSR count). The monoisotopic (exact) mass is 251 g/mol. The Morgan fingerprint density at radius 1 is 1.39 bits per heavy atom. The summed E-state index contributed by atoms with van der Waals surface area (Å²) in [5.74, 6) is 0. The molecule has 1 aliphatic rings. The summed E-state index contributed by atoms with van der Waals surface area (Å²) in [5, 5.41) is 2.58. The number of hydrogen-bond donors (Lipinski definition) is 1. The molecule has 0 aromatic carbocycles. The van der Waals surface area contributed by atoms with Crippen molar-refractivity contribution in [3.05, 3.63) is 35.3 Å². The maximum Gasteiger partial charge on any atom is 0.407 e. The molecule has 0 saturated heterocycles. The molecule has 0 fully saturated rings. The van der Waals surface area contributed by atoms with Crippen molar-refractivity contribution < 1.29 is 19.0 Å². The number of carbonyl (C=O) groups excluding carboxylic acids is 1. The Hall–Kier alpha value is -1.77. The smallest absolute Gasteiger partial charge is 0.407 e. The second-order valence-corrected chi connectivity index (χ2v) is 3.43. The minimum atomic E-state index is -0.470. The molecule has 5 heteroatoms. The van der Waals surface area contributed by atoms with Crippen LogP contribution in [0.5, 0.6) is 0 Å². The van der Waals surface area contributed by atoms with Gasteiger partial charge < -0.3 is 19.5 Å². The first-order valence-corrected chi connectivity index (χ1v) is 5.67. The lowest BCUT2D eigenvalue weighted by Gasteiger charge is -2.07. The third kappa shape index (κ3) is 6.74. The van der Waals surface area contributed by atoms with E-state index in [4.69, 9.17) is 14.2 Å². The zero-order valence-electron chi connectivity index (χ0n) is 10.4. The highest BCUT2D eigenvalue weighted by Crippen LogP contribution is 1.99. The lowest BCUT2D eigenvalue weighted by atomic mass is 10.2. The van der Waals surface area contributed by atoms with E-state index in [0.29, 0.717) is 26.4 Å². The maximum absolute atomic E-state index is 11.3. The van der Waals surface area contributed by atoms with Gasteiger partial charge in [0.1, 0.15) is 6.61 Å². The molecule has 18 heavy (non-hydrogen) atoms. The number of allylic oxidation sites excluding steroid dienone is 2. The van der Waals surface area contributed by atoms with E-state index in [1.54, 1.807) is 13.2 Å². The summed E-state index contributed by atoms with van der Waals surface area (Å²) in [5.41, 5.74) is 6.42. The van der Waals surface area contributed by atoms with Crippen molar-refractivity contribution in [2.45, 2.75) is 0 Å². The van der Waals surface area contributed by atoms with Gasteiger partial charge in [0, 0.05) is 19.2 Å². The van der Waals surface area contributed by atoms with Gasteiger partial charge >= 0.3 is 6.09 Å². The van der Waals surface area contributed by atoms with Crippen LogP contribution in [-0.4, -0.2) is 46.2 Å². The van der Waals surface area contributed by atoms with Gasteiger partial charge in [0.05, 0.1) is 19.8 Å². The SMILES string of the molecule is COCCOCCNC(=O)OCC1=C=C=CC=C1. The highest BCUT2D eigenvalue weighted by atomic mass is 16.5. The van der Waals surface area contributed by atoms with E-state index in [2.05, 4.69) is 16.8 Å². The predicted molar refractivity (Wildman–Crippen MR) is 66.3 cm³/mol. The highest BCUT2D eigenvalue weighted by Gasteiger charge is 2.02. The molecule has 1 aliphatic carbocycles. The molecule has 0 aliphatic heterocycles. The first-order chi connectivity index (χ1) is 8.83. The van der Waals surface area contributed by atoms with Crippen LogP contribution in [-0.2, 0) is 14.2 Å². The van der Waals surface area contributed by atoms with Gasteiger partial charge in [-0.05, 0) is 12.2 Å². The summed E-state index contributed by atoms with van der Waals surface area (Å²) < 4.78 is 15.0. The van der Waals surface area contributed by atoms with Crippen LogP contribution in [0.15, 0.2) is 35.3 Å². The van der Waals surface area contributed by atoms with Crippen LogP contribution in [0.4, 0.5) is 4.79 Å². The van der Waals surface area contributed by atoms with Gasteiger partial charge in [-0.25, -0.2) is 4.79 Å². The van der Waals surface area contributed by atoms with Gasteiger partial charge in [0.25, 0.3) is 0 Å². The van der Waals surface area contributed by atoms with Crippen molar-refractivity contribution in [2.75, 3.05) is 40.1 Å². The lowest BCUT2D eigenvalue weighted by molar-refractivity contribution is 0.0709. The van der Waals surface area contributed by atoms with E-state index in [-0.39, 0.29) is 6.61 Å². The molecule has 98 valence electrons. The van der Waals surface area contributed by atoms with Crippen molar-refractivity contribution in [3.63, 3.8) is 0 Å². The summed E-state index contributed by atoms with van der Waals surface area (Å²) in [4.78, 5) is 11.3. The third-order valence-electron chi connectivity index (χ3n) is 2.02. The Bertz CT molecular complexity index is 388. The summed E-state index contributed by atoms with van der Waals surface area (Å²) in [6.45, 7) is 2.09. The molecule has 0 atom stereocenters. The molecule has 0 aromatic rings. The van der Waals surface area contributed by atoms with Crippen LogP contribution in [0.25, 0.3) is 0 Å². The quantitative estimate of drug-likeness (QED) is 0.520. The second-order valence-electron chi connectivity index (χ2n) is 3.43. The molecule has 0 saturated carbocycles. The van der Waals surface area contributed by atoms with Gasteiger partial charge in [-0.1, -0.05) is 17.5 Å². The van der Waals surface area contributed by atoms with Crippen LogP contribution in [0.1, 0.15) is 0 Å². The molecular formula is C13H17NO4. The Labute approximate surface area is 106 Å². The van der Waals surface area contributed by atoms with Gasteiger partial charge in [-0.3, -0.25) is 0 Å². The Kier molecular flexibility index (Phi) is 7.37. The molecule has 0 heterocycles. The normalized spacial score (nSPS) is 12.4. The van der Waals surface area contributed by atoms with Crippen LogP contribution in [0.3, 0.4) is 0 Å². The number of ether oxygens (including phenoxy) is 3. The van der Waals surface area contributed by atoms with Crippen molar-refractivity contribution in [1.82, 2.24) is 5.32 Å². The number of carbonyl (C=O) groups is 1. The molecule has 0 unspecified atom stereocenters. The average Bonchev–Trinajstić information content (AvgIpc) is 2.41. The van der Waals surface area contributed by atoms with Gasteiger partial charge in [-0.2, -0.15) is 0 Å². The van der Waals surface area contributed by atoms with Crippen molar-refractivity contribution in [2.24, 2.45) is 0 Å². The van der Waals surface area contributed by atoms with E-state index in [1.807, 2.05) is 12.2 Å². The number of alkyl carbamates (subject to hydrolysis) is 1. The fraction of sp³-hybridized carbons (Fsp3) is 0.462. The van der Waals surface area contributed by atoms with Crippen molar-refractivity contribution in [1.29, 1.82) is 0 Å². The first kappa shape index (κ1) is 14.3. The van der Waals surface area contributed by atoms with Crippen LogP contribution in [0, 0.1) is 0 Å². The fourth-order valence-electron chi connectivity index (χ4n) is 1.14. The fourth-order valence-corrected chi connectivity index (χ4v) is 1.14. The van der Waals surface area contributed by atoms with E-state index in [9.17, 15) is 4.79 Å². The Morgan fingerprint density at radius 2 is 2.28 bits per heavy atom. The van der Waals surface area contributed by atoms with E-state index in [0.717, 1.165) is 5.57 Å². The zero-order chi connectivity index (χ0) is 13.1. The second kappa shape index (κ2) is 9.28. The molecular weight excluding hydrogens is 234 g/mol. The molecule has 1 N–H and O–H groups in total. The lowest BCUT2D eigenvalue weighted by Crippen LogP contribution is -2.28. The molecule has 0 aromatic heterocycles. The Balaban J connectivity index is 2.02. The van der Waals surface area contributed by atoms with Gasteiger partial charge in [-0.15, -0.1) is 0 Å². The molecule has 1 amide bonds. The maximum atomic E-state index is 11.3. The summed E-state index contributed by atoms with van der Waals surface area (Å²) in [6, 6.07) is 0. The number of rotatable bonds is 8. The Morgan fingerprint density at radius 3 is 3.00 bits per heavy atom. The van der Waals surface area contributed by atoms with Crippen LogP contribution >= 0.6 is 0 Å². The van der Waals surface area contributed by atoms with E-state index in [1.165, 1.54) is 0 Å². The number of methoxy groups -OCH3 is 1. The molecule has 5 nitrogen and oxygen atoms in total. The van der Waals surface area contributed by atoms with Gasteiger partial charge in [0.2, 0.25) is 0 Å². The average molecular weight is 251 g/mol. The largest absolute Gasteiger partial charge is 0.444 e. The van der Waals surface area contributed by atoms with Crippen LogP contribution < -0.4 is 5.32 Å². The summed E-state index contributed by atoms with van der Waals surface area (Å²) in [6.07, 6.45) is 4.90. The van der Waals surface area contributed by atoms with E-state index < -0.39 is 6.09 Å². The number of amides is 1. The van der Waals surface area contributed by atoms with Crippen molar-refractivity contribution >= 4 is 6.09 Å². The van der Waals surface area contributed by atoms with Gasteiger partial charge in [0.15, 0.2) is 0 Å². The minimum absolute atomic E-state index is 0.188. The minimum Gasteiger partial charge on any atom is -0.444 e. The molecule has 0 spiro atoms. The summed E-state index contributed by atoms with van der Waals surface area (Å²) >= 11 is 0. The van der Waals surface area contributed by atoms with E-state index >= 15 is 0 Å². The number of hydrogen-bond acceptors (Lipinski definition) is 4. The summed E-state index contributed by atoms with van der Waals surface area (Å²) in [7, 11) is 1.61. The topological polar surface area (TPSA) is 56.8 Å². The molecule has 0 bridgehead atoms. The van der Waals surface area contributed by atoms with Crippen LogP contribution in [0.2, 0.25) is 0 Å². The molecule has 0 radical (unpaired) electrons. The number of nitrogens with one attached hydrogen (secondary N) is 1. The third-order valence-corrected chi connectivity index (χ3v) is 2.02. The van der Waals surface area contributed by atoms with Crippen molar-refractivity contribution in [3.8, 4) is 0 Å². The first-order valence-electron chi connectivity index (χ1n) is 5.67. The predicted octanol–water partition coefficient (Wildman–Crippen LogP) is 1.18. The standard InChI is InChI=1S/C13H17NO4/c1-16-9-10-17-8-7-14-13(15)18-11-12-5-3-2-4-6-12/h2-3,5H,7-11H2,1H3,(H,14,15). The highest BCUT2D eigenvalue weighted by molar-refractivity contribution is 5.67. The zero-order valence-corrected chi connectivity index (χ0v) is 10.4.